The van der Waals surface area contributed by atoms with Crippen molar-refractivity contribution in [1.29, 1.82) is 0 Å². The third-order valence-corrected chi connectivity index (χ3v) is 4.27. The molecule has 2 heterocycles. The fourth-order valence-corrected chi connectivity index (χ4v) is 3.04. The molecule has 0 N–H and O–H groups in total. The predicted molar refractivity (Wildman–Crippen MR) is 91.0 cm³/mol. The summed E-state index contributed by atoms with van der Waals surface area (Å²) in [5.41, 5.74) is 1.11. The summed E-state index contributed by atoms with van der Waals surface area (Å²) in [7, 11) is 0. The van der Waals surface area contributed by atoms with Crippen molar-refractivity contribution in [1.82, 2.24) is 9.78 Å². The van der Waals surface area contributed by atoms with Crippen molar-refractivity contribution in [2.24, 2.45) is 5.10 Å². The van der Waals surface area contributed by atoms with Crippen LogP contribution in [0.2, 0.25) is 0 Å². The zero-order chi connectivity index (χ0) is 15.5. The smallest absolute Gasteiger partial charge is 0.120 e. The van der Waals surface area contributed by atoms with Gasteiger partial charge in [-0.3, -0.25) is 9.69 Å². The van der Waals surface area contributed by atoms with Crippen LogP contribution in [0, 0.1) is 0 Å². The number of hydrogen-bond donors (Lipinski definition) is 0. The lowest BCUT2D eigenvalue weighted by Gasteiger charge is -2.24. The highest BCUT2D eigenvalue weighted by molar-refractivity contribution is 5.65. The Balaban J connectivity index is 1.37. The topological polar surface area (TPSA) is 42.6 Å². The van der Waals surface area contributed by atoms with Crippen molar-refractivity contribution < 1.29 is 4.74 Å². The van der Waals surface area contributed by atoms with Gasteiger partial charge in [0.1, 0.15) is 11.9 Å². The van der Waals surface area contributed by atoms with Crippen molar-refractivity contribution in [2.45, 2.75) is 31.4 Å². The summed E-state index contributed by atoms with van der Waals surface area (Å²) in [5, 5.41) is 10.6. The molecule has 5 nitrogen and oxygen atoms in total. The maximum Gasteiger partial charge on any atom is 0.120 e. The second kappa shape index (κ2) is 6.28. The van der Waals surface area contributed by atoms with E-state index in [2.05, 4.69) is 34.5 Å². The number of hydrogen-bond acceptors (Lipinski definition) is 4. The standard InChI is InChI=1S/C18H20N4O/c1-11-19-21(13-1)15-3-7-17(8-4-15)23-18-9-5-16(6-10-18)22-14-2-12-20-22/h1,3,5-7,9-13,15,17H,2,4,8,14H2. The number of benzene rings is 1. The molecular formula is C18H20N4O. The molecule has 1 aliphatic carbocycles. The molecule has 0 fully saturated rings. The highest BCUT2D eigenvalue weighted by Crippen LogP contribution is 2.26. The summed E-state index contributed by atoms with van der Waals surface area (Å²) in [6, 6.07) is 10.5. The first kappa shape index (κ1) is 14.1. The molecule has 0 bridgehead atoms. The van der Waals surface area contributed by atoms with Crippen LogP contribution in [0.5, 0.6) is 5.75 Å². The highest BCUT2D eigenvalue weighted by Gasteiger charge is 2.18. The molecule has 118 valence electrons. The van der Waals surface area contributed by atoms with Gasteiger partial charge in [0, 0.05) is 31.6 Å². The van der Waals surface area contributed by atoms with E-state index in [4.69, 9.17) is 4.74 Å². The van der Waals surface area contributed by atoms with Crippen LogP contribution in [0.15, 0.2) is 60.0 Å². The molecule has 5 heteroatoms. The third kappa shape index (κ3) is 3.13. The van der Waals surface area contributed by atoms with Crippen molar-refractivity contribution >= 4 is 11.9 Å². The zero-order valence-electron chi connectivity index (χ0n) is 13.0. The first-order valence-corrected chi connectivity index (χ1v) is 8.13. The number of anilines is 1. The van der Waals surface area contributed by atoms with Gasteiger partial charge in [-0.1, -0.05) is 6.08 Å². The normalized spacial score (nSPS) is 23.4. The second-order valence-corrected chi connectivity index (χ2v) is 5.88. The van der Waals surface area contributed by atoms with Crippen LogP contribution in [0.4, 0.5) is 5.69 Å². The van der Waals surface area contributed by atoms with Crippen LogP contribution in [0.25, 0.3) is 0 Å². The molecule has 2 unspecified atom stereocenters. The lowest BCUT2D eigenvalue weighted by Crippen LogP contribution is -2.21. The van der Waals surface area contributed by atoms with E-state index in [0.29, 0.717) is 6.04 Å². The molecule has 0 radical (unpaired) electrons. The van der Waals surface area contributed by atoms with Gasteiger partial charge in [0.15, 0.2) is 0 Å². The number of allylic oxidation sites excluding steroid dienone is 1. The molecule has 2 aliphatic rings. The number of ether oxygens (including phenoxy) is 1. The SMILES string of the molecule is C1=CC(n2cccn2)CCC1Oc1ccc(N2CCC=N2)cc1. The Bertz CT molecular complexity index is 690. The van der Waals surface area contributed by atoms with Crippen LogP contribution >= 0.6 is 0 Å². The van der Waals surface area contributed by atoms with E-state index in [-0.39, 0.29) is 6.10 Å². The first-order chi connectivity index (χ1) is 11.4. The van der Waals surface area contributed by atoms with Crippen LogP contribution in [0.1, 0.15) is 25.3 Å². The summed E-state index contributed by atoms with van der Waals surface area (Å²) in [6.07, 6.45) is 13.3. The molecule has 0 amide bonds. The van der Waals surface area contributed by atoms with Gasteiger partial charge in [-0.15, -0.1) is 0 Å². The minimum Gasteiger partial charge on any atom is -0.486 e. The van der Waals surface area contributed by atoms with Gasteiger partial charge >= 0.3 is 0 Å². The second-order valence-electron chi connectivity index (χ2n) is 5.88. The van der Waals surface area contributed by atoms with E-state index in [1.807, 2.05) is 46.5 Å². The van der Waals surface area contributed by atoms with Gasteiger partial charge < -0.3 is 4.74 Å². The number of hydrazone groups is 1. The maximum atomic E-state index is 6.07. The quantitative estimate of drug-likeness (QED) is 0.813. The molecule has 4 rings (SSSR count). The van der Waals surface area contributed by atoms with Crippen molar-refractivity contribution in [3.63, 3.8) is 0 Å². The molecule has 1 aromatic heterocycles. The van der Waals surface area contributed by atoms with E-state index in [1.165, 1.54) is 0 Å². The third-order valence-electron chi connectivity index (χ3n) is 4.27. The fraction of sp³-hybridized carbons (Fsp3) is 0.333. The van der Waals surface area contributed by atoms with Crippen molar-refractivity contribution in [2.75, 3.05) is 11.6 Å². The maximum absolute atomic E-state index is 6.07. The molecule has 2 atom stereocenters. The first-order valence-electron chi connectivity index (χ1n) is 8.13. The predicted octanol–water partition coefficient (Wildman–Crippen LogP) is 3.42. The van der Waals surface area contributed by atoms with E-state index in [0.717, 1.165) is 37.2 Å². The van der Waals surface area contributed by atoms with E-state index in [1.54, 1.807) is 0 Å². The fourth-order valence-electron chi connectivity index (χ4n) is 3.04. The Morgan fingerprint density at radius 1 is 1.09 bits per heavy atom. The molecule has 1 aliphatic heterocycles. The van der Waals surface area contributed by atoms with E-state index >= 15 is 0 Å². The summed E-state index contributed by atoms with van der Waals surface area (Å²) in [6.45, 7) is 0.959. The summed E-state index contributed by atoms with van der Waals surface area (Å²) in [5.74, 6) is 0.907. The minimum absolute atomic E-state index is 0.137. The van der Waals surface area contributed by atoms with Gasteiger partial charge in [-0.05, 0) is 49.2 Å². The number of nitrogens with zero attached hydrogens (tertiary/aromatic N) is 4. The molecule has 2 aromatic rings. The van der Waals surface area contributed by atoms with Gasteiger partial charge in [0.05, 0.1) is 11.7 Å². The molecular weight excluding hydrogens is 288 g/mol. The van der Waals surface area contributed by atoms with Gasteiger partial charge in [-0.2, -0.15) is 10.2 Å². The Labute approximate surface area is 135 Å². The van der Waals surface area contributed by atoms with E-state index < -0.39 is 0 Å². The summed E-state index contributed by atoms with van der Waals surface area (Å²) < 4.78 is 8.06. The molecule has 0 saturated heterocycles. The molecule has 0 spiro atoms. The lowest BCUT2D eigenvalue weighted by atomic mass is 10.0. The summed E-state index contributed by atoms with van der Waals surface area (Å²) >= 11 is 0. The Morgan fingerprint density at radius 2 is 2.00 bits per heavy atom. The average Bonchev–Trinajstić information content (AvgIpc) is 3.30. The van der Waals surface area contributed by atoms with Crippen LogP contribution < -0.4 is 9.75 Å². The number of aromatic nitrogens is 2. The summed E-state index contributed by atoms with van der Waals surface area (Å²) in [4.78, 5) is 0. The van der Waals surface area contributed by atoms with Crippen LogP contribution in [-0.4, -0.2) is 28.6 Å². The van der Waals surface area contributed by atoms with E-state index in [9.17, 15) is 0 Å². The minimum atomic E-state index is 0.137. The Hall–Kier alpha value is -2.56. The van der Waals surface area contributed by atoms with Crippen molar-refractivity contribution in [3.8, 4) is 5.75 Å². The monoisotopic (exact) mass is 308 g/mol. The molecule has 0 saturated carbocycles. The van der Waals surface area contributed by atoms with Crippen LogP contribution in [0.3, 0.4) is 0 Å². The van der Waals surface area contributed by atoms with Gasteiger partial charge in [0.25, 0.3) is 0 Å². The van der Waals surface area contributed by atoms with Gasteiger partial charge in [0.2, 0.25) is 0 Å². The number of rotatable bonds is 4. The largest absolute Gasteiger partial charge is 0.486 e. The van der Waals surface area contributed by atoms with Gasteiger partial charge in [-0.25, -0.2) is 0 Å². The average molecular weight is 308 g/mol. The Morgan fingerprint density at radius 3 is 2.65 bits per heavy atom. The zero-order valence-corrected chi connectivity index (χ0v) is 13.0. The van der Waals surface area contributed by atoms with Crippen LogP contribution in [-0.2, 0) is 0 Å². The lowest BCUT2D eigenvalue weighted by molar-refractivity contribution is 0.218. The van der Waals surface area contributed by atoms with Crippen molar-refractivity contribution in [3.05, 3.63) is 54.9 Å². The Kier molecular flexibility index (Phi) is 3.84. The highest BCUT2D eigenvalue weighted by atomic mass is 16.5. The molecule has 23 heavy (non-hydrogen) atoms. The molecule has 1 aromatic carbocycles.